The molecule has 2 fully saturated rings. The first kappa shape index (κ1) is 12.8. The standard InChI is InChI=1S/C14H23N5/c1-18-8-10-19(11-9-18)14-13(16-6-7-17-14)12-2-4-15-5-3-12/h6-7,12,15H,2-5,8-11H2,1H3. The Morgan fingerprint density at radius 3 is 2.47 bits per heavy atom. The highest BCUT2D eigenvalue weighted by atomic mass is 15.3. The second-order valence-corrected chi connectivity index (χ2v) is 5.58. The van der Waals surface area contributed by atoms with Gasteiger partial charge in [-0.15, -0.1) is 0 Å². The SMILES string of the molecule is CN1CCN(c2nccnc2C2CCNCC2)CC1. The third-order valence-corrected chi connectivity index (χ3v) is 4.23. The number of anilines is 1. The van der Waals surface area contributed by atoms with Gasteiger partial charge in [-0.25, -0.2) is 4.98 Å². The van der Waals surface area contributed by atoms with Gasteiger partial charge in [-0.2, -0.15) is 0 Å². The van der Waals surface area contributed by atoms with Gasteiger partial charge in [-0.1, -0.05) is 0 Å². The molecule has 0 unspecified atom stereocenters. The van der Waals surface area contributed by atoms with Crippen LogP contribution in [0.1, 0.15) is 24.5 Å². The number of hydrogen-bond donors (Lipinski definition) is 1. The van der Waals surface area contributed by atoms with E-state index in [1.807, 2.05) is 12.4 Å². The predicted octanol–water partition coefficient (Wildman–Crippen LogP) is 0.695. The van der Waals surface area contributed by atoms with Crippen LogP contribution >= 0.6 is 0 Å². The average Bonchev–Trinajstić information content (AvgIpc) is 2.49. The number of nitrogens with zero attached hydrogens (tertiary/aromatic N) is 4. The van der Waals surface area contributed by atoms with Crippen LogP contribution < -0.4 is 10.2 Å². The lowest BCUT2D eigenvalue weighted by atomic mass is 9.94. The highest BCUT2D eigenvalue weighted by Gasteiger charge is 2.24. The smallest absolute Gasteiger partial charge is 0.150 e. The van der Waals surface area contributed by atoms with Crippen LogP contribution in [0, 0.1) is 0 Å². The third-order valence-electron chi connectivity index (χ3n) is 4.23. The molecule has 2 aliphatic rings. The van der Waals surface area contributed by atoms with Crippen LogP contribution in [0.4, 0.5) is 5.82 Å². The van der Waals surface area contributed by atoms with Crippen molar-refractivity contribution >= 4 is 5.82 Å². The van der Waals surface area contributed by atoms with Gasteiger partial charge >= 0.3 is 0 Å². The summed E-state index contributed by atoms with van der Waals surface area (Å²) in [6, 6.07) is 0. The average molecular weight is 261 g/mol. The van der Waals surface area contributed by atoms with Crippen LogP contribution in [-0.4, -0.2) is 61.2 Å². The quantitative estimate of drug-likeness (QED) is 0.849. The van der Waals surface area contributed by atoms with Crippen LogP contribution in [-0.2, 0) is 0 Å². The van der Waals surface area contributed by atoms with E-state index in [1.165, 1.54) is 18.5 Å². The molecule has 5 nitrogen and oxygen atoms in total. The highest BCUT2D eigenvalue weighted by Crippen LogP contribution is 2.30. The van der Waals surface area contributed by atoms with Crippen LogP contribution in [0.2, 0.25) is 0 Å². The van der Waals surface area contributed by atoms with Gasteiger partial charge in [0.25, 0.3) is 0 Å². The second kappa shape index (κ2) is 5.84. The van der Waals surface area contributed by atoms with Crippen LogP contribution in [0.25, 0.3) is 0 Å². The van der Waals surface area contributed by atoms with Gasteiger partial charge in [0.2, 0.25) is 0 Å². The van der Waals surface area contributed by atoms with E-state index in [4.69, 9.17) is 0 Å². The summed E-state index contributed by atoms with van der Waals surface area (Å²) in [6.07, 6.45) is 6.04. The molecule has 2 aliphatic heterocycles. The van der Waals surface area contributed by atoms with Crippen molar-refractivity contribution in [1.82, 2.24) is 20.2 Å². The van der Waals surface area contributed by atoms with Gasteiger partial charge < -0.3 is 15.1 Å². The lowest BCUT2D eigenvalue weighted by Crippen LogP contribution is -2.45. The molecule has 1 N–H and O–H groups in total. The Morgan fingerprint density at radius 2 is 1.74 bits per heavy atom. The molecule has 104 valence electrons. The molecule has 1 aromatic heterocycles. The van der Waals surface area contributed by atoms with Crippen molar-refractivity contribution in [2.24, 2.45) is 0 Å². The summed E-state index contributed by atoms with van der Waals surface area (Å²) in [6.45, 7) is 6.55. The van der Waals surface area contributed by atoms with E-state index < -0.39 is 0 Å². The molecule has 0 aliphatic carbocycles. The molecule has 0 aromatic carbocycles. The van der Waals surface area contributed by atoms with Crippen LogP contribution in [0.3, 0.4) is 0 Å². The van der Waals surface area contributed by atoms with Crippen molar-refractivity contribution in [2.75, 3.05) is 51.2 Å². The fourth-order valence-corrected chi connectivity index (χ4v) is 2.99. The van der Waals surface area contributed by atoms with Gasteiger partial charge in [0.05, 0.1) is 5.69 Å². The van der Waals surface area contributed by atoms with Crippen LogP contribution in [0.15, 0.2) is 12.4 Å². The predicted molar refractivity (Wildman–Crippen MR) is 76.6 cm³/mol. The zero-order chi connectivity index (χ0) is 13.1. The van der Waals surface area contributed by atoms with Crippen LogP contribution in [0.5, 0.6) is 0 Å². The summed E-state index contributed by atoms with van der Waals surface area (Å²) >= 11 is 0. The van der Waals surface area contributed by atoms with Crippen molar-refractivity contribution in [3.8, 4) is 0 Å². The summed E-state index contributed by atoms with van der Waals surface area (Å²) in [4.78, 5) is 14.1. The first-order valence-corrected chi connectivity index (χ1v) is 7.29. The minimum Gasteiger partial charge on any atom is -0.353 e. The minimum atomic E-state index is 0.574. The molecule has 0 spiro atoms. The van der Waals surface area contributed by atoms with Crippen molar-refractivity contribution < 1.29 is 0 Å². The first-order chi connectivity index (χ1) is 9.34. The fraction of sp³-hybridized carbons (Fsp3) is 0.714. The first-order valence-electron chi connectivity index (χ1n) is 7.29. The van der Waals surface area contributed by atoms with Gasteiger partial charge in [-0.3, -0.25) is 4.98 Å². The van der Waals surface area contributed by atoms with Crippen molar-refractivity contribution in [1.29, 1.82) is 0 Å². The summed E-state index contributed by atoms with van der Waals surface area (Å²) in [7, 11) is 2.18. The Labute approximate surface area is 115 Å². The molecule has 0 atom stereocenters. The normalized spacial score (nSPS) is 22.7. The molecule has 19 heavy (non-hydrogen) atoms. The van der Waals surface area contributed by atoms with E-state index in [-0.39, 0.29) is 0 Å². The van der Waals surface area contributed by atoms with Gasteiger partial charge in [0.1, 0.15) is 0 Å². The highest BCUT2D eigenvalue weighted by molar-refractivity contribution is 5.45. The molecule has 0 bridgehead atoms. The third kappa shape index (κ3) is 2.87. The molecular formula is C14H23N5. The van der Waals surface area contributed by atoms with E-state index in [0.717, 1.165) is 45.1 Å². The van der Waals surface area contributed by atoms with Crippen molar-refractivity contribution in [3.63, 3.8) is 0 Å². The molecular weight excluding hydrogens is 238 g/mol. The number of rotatable bonds is 2. The largest absolute Gasteiger partial charge is 0.353 e. The molecule has 3 rings (SSSR count). The molecule has 5 heteroatoms. The Bertz CT molecular complexity index is 408. The maximum atomic E-state index is 4.65. The summed E-state index contributed by atoms with van der Waals surface area (Å²) in [5.74, 6) is 1.70. The maximum Gasteiger partial charge on any atom is 0.150 e. The summed E-state index contributed by atoms with van der Waals surface area (Å²) in [5, 5.41) is 3.42. The molecule has 3 heterocycles. The monoisotopic (exact) mass is 261 g/mol. The summed E-state index contributed by atoms with van der Waals surface area (Å²) < 4.78 is 0. The maximum absolute atomic E-state index is 4.65. The van der Waals surface area contributed by atoms with Crippen molar-refractivity contribution in [3.05, 3.63) is 18.1 Å². The van der Waals surface area contributed by atoms with Crippen molar-refractivity contribution in [2.45, 2.75) is 18.8 Å². The zero-order valence-electron chi connectivity index (χ0n) is 11.7. The fourth-order valence-electron chi connectivity index (χ4n) is 2.99. The molecule has 0 saturated carbocycles. The number of piperidine rings is 1. The lowest BCUT2D eigenvalue weighted by Gasteiger charge is -2.35. The van der Waals surface area contributed by atoms with Gasteiger partial charge in [0, 0.05) is 44.5 Å². The van der Waals surface area contributed by atoms with Gasteiger partial charge in [-0.05, 0) is 33.0 Å². The Morgan fingerprint density at radius 1 is 1.05 bits per heavy atom. The van der Waals surface area contributed by atoms with E-state index in [1.54, 1.807) is 0 Å². The lowest BCUT2D eigenvalue weighted by molar-refractivity contribution is 0.311. The number of piperazine rings is 1. The van der Waals surface area contributed by atoms with E-state index in [9.17, 15) is 0 Å². The van der Waals surface area contributed by atoms with E-state index in [0.29, 0.717) is 5.92 Å². The number of likely N-dealkylation sites (N-methyl/N-ethyl adjacent to an activating group) is 1. The molecule has 2 saturated heterocycles. The molecule has 0 amide bonds. The Hall–Kier alpha value is -1.20. The minimum absolute atomic E-state index is 0.574. The number of hydrogen-bond acceptors (Lipinski definition) is 5. The van der Waals surface area contributed by atoms with Gasteiger partial charge in [0.15, 0.2) is 5.82 Å². The number of nitrogens with one attached hydrogen (secondary N) is 1. The van der Waals surface area contributed by atoms with E-state index >= 15 is 0 Å². The second-order valence-electron chi connectivity index (χ2n) is 5.58. The number of aromatic nitrogens is 2. The Balaban J connectivity index is 1.80. The zero-order valence-corrected chi connectivity index (χ0v) is 11.7. The molecule has 1 aromatic rings. The Kier molecular flexibility index (Phi) is 3.94. The topological polar surface area (TPSA) is 44.3 Å². The summed E-state index contributed by atoms with van der Waals surface area (Å²) in [5.41, 5.74) is 1.22. The molecule has 0 radical (unpaired) electrons. The van der Waals surface area contributed by atoms with E-state index in [2.05, 4.69) is 32.1 Å².